The molecule has 0 spiro atoms. The number of halogens is 1. The smallest absolute Gasteiger partial charge is 0.231 e. The molecule has 1 aliphatic heterocycles. The Bertz CT molecular complexity index is 675. The van der Waals surface area contributed by atoms with Crippen molar-refractivity contribution in [2.75, 3.05) is 27.4 Å². The Kier molecular flexibility index (Phi) is 4.94. The van der Waals surface area contributed by atoms with Crippen LogP contribution >= 0.6 is 11.6 Å². The maximum absolute atomic E-state index is 6.26. The monoisotopic (exact) mass is 333 g/mol. The van der Waals surface area contributed by atoms with Gasteiger partial charge in [-0.3, -0.25) is 0 Å². The Morgan fingerprint density at radius 3 is 2.78 bits per heavy atom. The summed E-state index contributed by atoms with van der Waals surface area (Å²) >= 11 is 6.14. The van der Waals surface area contributed by atoms with Crippen LogP contribution in [0.25, 0.3) is 0 Å². The predicted octanol–water partition coefficient (Wildman–Crippen LogP) is 4.14. The molecule has 23 heavy (non-hydrogen) atoms. The molecule has 5 heteroatoms. The molecule has 0 aromatic heterocycles. The van der Waals surface area contributed by atoms with Gasteiger partial charge in [0.25, 0.3) is 0 Å². The Hall–Kier alpha value is -1.91. The lowest BCUT2D eigenvalue weighted by molar-refractivity contribution is 0.153. The van der Waals surface area contributed by atoms with Crippen molar-refractivity contribution >= 4 is 11.6 Å². The Morgan fingerprint density at radius 2 is 2.00 bits per heavy atom. The van der Waals surface area contributed by atoms with E-state index in [-0.39, 0.29) is 12.9 Å². The van der Waals surface area contributed by atoms with Crippen LogP contribution in [-0.4, -0.2) is 32.3 Å². The minimum absolute atomic E-state index is 0.105. The number of hydrogen-bond donors (Lipinski definition) is 0. The molecule has 2 aromatic rings. The molecule has 3 rings (SSSR count). The summed E-state index contributed by atoms with van der Waals surface area (Å²) in [6, 6.07) is 13.5. The zero-order valence-electron chi connectivity index (χ0n) is 13.3. The van der Waals surface area contributed by atoms with Crippen LogP contribution in [0.2, 0.25) is 5.02 Å². The third-order valence-electron chi connectivity index (χ3n) is 3.69. The maximum Gasteiger partial charge on any atom is 0.231 e. The summed E-state index contributed by atoms with van der Waals surface area (Å²) in [5.74, 6) is 2.09. The van der Waals surface area contributed by atoms with Crippen LogP contribution in [-0.2, 0) is 0 Å². The van der Waals surface area contributed by atoms with E-state index in [1.54, 1.807) is 0 Å². The molecular formula is C18H20ClNO3. The number of fused-ring (bicyclic) bond motifs is 1. The fourth-order valence-corrected chi connectivity index (χ4v) is 2.72. The minimum atomic E-state index is -0.105. The first kappa shape index (κ1) is 16.0. The van der Waals surface area contributed by atoms with Gasteiger partial charge in [0.05, 0.1) is 0 Å². The van der Waals surface area contributed by atoms with Crippen LogP contribution in [0.15, 0.2) is 42.5 Å². The van der Waals surface area contributed by atoms with Crippen molar-refractivity contribution in [3.63, 3.8) is 0 Å². The van der Waals surface area contributed by atoms with Gasteiger partial charge in [-0.25, -0.2) is 0 Å². The lowest BCUT2D eigenvalue weighted by Crippen LogP contribution is -2.19. The van der Waals surface area contributed by atoms with Gasteiger partial charge in [0, 0.05) is 18.0 Å². The predicted molar refractivity (Wildman–Crippen MR) is 90.6 cm³/mol. The molecule has 0 aliphatic carbocycles. The number of nitrogens with zero attached hydrogens (tertiary/aromatic N) is 1. The van der Waals surface area contributed by atoms with Crippen molar-refractivity contribution < 1.29 is 14.2 Å². The molecule has 122 valence electrons. The Morgan fingerprint density at radius 1 is 1.17 bits per heavy atom. The van der Waals surface area contributed by atoms with Gasteiger partial charge in [0.2, 0.25) is 12.5 Å². The topological polar surface area (TPSA) is 30.9 Å². The SMILES string of the molecule is CN(C)CCC(Oc1cccc2c1OCO2)c1cccc(Cl)c1. The molecule has 0 saturated heterocycles. The van der Waals surface area contributed by atoms with Gasteiger partial charge in [-0.15, -0.1) is 0 Å². The first-order chi connectivity index (χ1) is 11.1. The van der Waals surface area contributed by atoms with E-state index in [4.69, 9.17) is 25.8 Å². The van der Waals surface area contributed by atoms with Gasteiger partial charge in [0.1, 0.15) is 6.10 Å². The van der Waals surface area contributed by atoms with E-state index in [9.17, 15) is 0 Å². The van der Waals surface area contributed by atoms with Crippen LogP contribution in [0.1, 0.15) is 18.1 Å². The van der Waals surface area contributed by atoms with E-state index in [2.05, 4.69) is 4.90 Å². The first-order valence-corrected chi connectivity index (χ1v) is 7.97. The van der Waals surface area contributed by atoms with E-state index < -0.39 is 0 Å². The zero-order valence-corrected chi connectivity index (χ0v) is 14.0. The normalized spacial score (nSPS) is 14.1. The van der Waals surface area contributed by atoms with Crippen LogP contribution in [0.5, 0.6) is 17.2 Å². The lowest BCUT2D eigenvalue weighted by atomic mass is 10.1. The summed E-state index contributed by atoms with van der Waals surface area (Å²) in [4.78, 5) is 2.13. The molecule has 1 unspecified atom stereocenters. The molecule has 0 saturated carbocycles. The molecule has 1 heterocycles. The van der Waals surface area contributed by atoms with Crippen molar-refractivity contribution in [1.82, 2.24) is 4.90 Å². The molecule has 1 atom stereocenters. The molecule has 2 aromatic carbocycles. The number of benzene rings is 2. The number of para-hydroxylation sites is 1. The molecule has 4 nitrogen and oxygen atoms in total. The first-order valence-electron chi connectivity index (χ1n) is 7.59. The van der Waals surface area contributed by atoms with E-state index in [1.165, 1.54) is 0 Å². The molecule has 0 fully saturated rings. The van der Waals surface area contributed by atoms with Crippen molar-refractivity contribution in [3.8, 4) is 17.2 Å². The van der Waals surface area contributed by atoms with Crippen LogP contribution in [0.3, 0.4) is 0 Å². The van der Waals surface area contributed by atoms with Crippen molar-refractivity contribution in [2.45, 2.75) is 12.5 Å². The van der Waals surface area contributed by atoms with E-state index in [0.717, 1.165) is 24.3 Å². The number of rotatable bonds is 6. The summed E-state index contributed by atoms with van der Waals surface area (Å²) in [7, 11) is 4.10. The van der Waals surface area contributed by atoms with Gasteiger partial charge in [-0.1, -0.05) is 29.8 Å². The Balaban J connectivity index is 1.85. The minimum Gasteiger partial charge on any atom is -0.482 e. The van der Waals surface area contributed by atoms with E-state index in [1.807, 2.05) is 56.6 Å². The fourth-order valence-electron chi connectivity index (χ4n) is 2.53. The second-order valence-corrected chi connectivity index (χ2v) is 6.18. The highest BCUT2D eigenvalue weighted by Crippen LogP contribution is 2.42. The highest BCUT2D eigenvalue weighted by Gasteiger charge is 2.22. The largest absolute Gasteiger partial charge is 0.482 e. The summed E-state index contributed by atoms with van der Waals surface area (Å²) in [5, 5.41) is 0.707. The van der Waals surface area contributed by atoms with Gasteiger partial charge in [-0.05, 0) is 43.9 Å². The van der Waals surface area contributed by atoms with Gasteiger partial charge in [-0.2, -0.15) is 0 Å². The Labute approximate surface area is 141 Å². The van der Waals surface area contributed by atoms with Gasteiger partial charge < -0.3 is 19.1 Å². The molecular weight excluding hydrogens is 314 g/mol. The van der Waals surface area contributed by atoms with E-state index >= 15 is 0 Å². The molecule has 0 radical (unpaired) electrons. The van der Waals surface area contributed by atoms with E-state index in [0.29, 0.717) is 16.5 Å². The average Bonchev–Trinajstić information content (AvgIpc) is 3.00. The second-order valence-electron chi connectivity index (χ2n) is 5.74. The molecule has 0 amide bonds. The number of ether oxygens (including phenoxy) is 3. The average molecular weight is 334 g/mol. The van der Waals surface area contributed by atoms with Crippen molar-refractivity contribution in [3.05, 3.63) is 53.1 Å². The maximum atomic E-state index is 6.26. The van der Waals surface area contributed by atoms with Crippen LogP contribution < -0.4 is 14.2 Å². The highest BCUT2D eigenvalue weighted by molar-refractivity contribution is 6.30. The number of hydrogen-bond acceptors (Lipinski definition) is 4. The van der Waals surface area contributed by atoms with Gasteiger partial charge >= 0.3 is 0 Å². The third-order valence-corrected chi connectivity index (χ3v) is 3.92. The third kappa shape index (κ3) is 3.89. The highest BCUT2D eigenvalue weighted by atomic mass is 35.5. The van der Waals surface area contributed by atoms with Crippen molar-refractivity contribution in [2.24, 2.45) is 0 Å². The summed E-state index contributed by atoms with van der Waals surface area (Å²) in [6.45, 7) is 1.14. The second kappa shape index (κ2) is 7.11. The quantitative estimate of drug-likeness (QED) is 0.795. The van der Waals surface area contributed by atoms with Crippen LogP contribution in [0, 0.1) is 0 Å². The summed E-state index contributed by atoms with van der Waals surface area (Å²) in [6.07, 6.45) is 0.740. The van der Waals surface area contributed by atoms with Crippen LogP contribution in [0.4, 0.5) is 0 Å². The molecule has 1 aliphatic rings. The zero-order chi connectivity index (χ0) is 16.2. The lowest BCUT2D eigenvalue weighted by Gasteiger charge is -2.22. The summed E-state index contributed by atoms with van der Waals surface area (Å²) < 4.78 is 17.2. The molecule has 0 N–H and O–H groups in total. The van der Waals surface area contributed by atoms with Gasteiger partial charge in [0.15, 0.2) is 11.5 Å². The standard InChI is InChI=1S/C18H20ClNO3/c1-20(2)10-9-15(13-5-3-6-14(19)11-13)23-17-8-4-7-16-18(17)22-12-21-16/h3-8,11,15H,9-10,12H2,1-2H3. The molecule has 0 bridgehead atoms. The van der Waals surface area contributed by atoms with Crippen molar-refractivity contribution in [1.29, 1.82) is 0 Å². The fraction of sp³-hybridized carbons (Fsp3) is 0.333. The summed E-state index contributed by atoms with van der Waals surface area (Å²) in [5.41, 5.74) is 1.05.